The second-order valence-corrected chi connectivity index (χ2v) is 7.98. The zero-order valence-corrected chi connectivity index (χ0v) is 20.5. The van der Waals surface area contributed by atoms with E-state index < -0.39 is 18.1 Å². The van der Waals surface area contributed by atoms with Crippen molar-refractivity contribution in [2.24, 2.45) is 0 Å². The molecule has 0 aliphatic carbocycles. The fourth-order valence-corrected chi connectivity index (χ4v) is 4.32. The molecule has 6 nitrogen and oxygen atoms in total. The van der Waals surface area contributed by atoms with Crippen LogP contribution in [0.15, 0.2) is 30.3 Å². The Hall–Kier alpha value is -3.10. The number of alkyl halides is 3. The Labute approximate surface area is 203 Å². The van der Waals surface area contributed by atoms with E-state index in [0.29, 0.717) is 55.0 Å². The molecule has 192 valence electrons. The third-order valence-corrected chi connectivity index (χ3v) is 5.70. The predicted molar refractivity (Wildman–Crippen MR) is 125 cm³/mol. The predicted octanol–water partition coefficient (Wildman–Crippen LogP) is 5.51. The minimum atomic E-state index is -4.97. The van der Waals surface area contributed by atoms with Gasteiger partial charge in [-0.05, 0) is 81.5 Å². The first-order chi connectivity index (χ1) is 16.7. The molecule has 0 bridgehead atoms. The van der Waals surface area contributed by atoms with Crippen LogP contribution in [0.25, 0.3) is 0 Å². The van der Waals surface area contributed by atoms with Crippen LogP contribution in [0.2, 0.25) is 0 Å². The maximum Gasteiger partial charge on any atom is 0.471 e. The van der Waals surface area contributed by atoms with Gasteiger partial charge in [0, 0.05) is 6.54 Å². The molecule has 0 radical (unpaired) electrons. The molecule has 0 saturated heterocycles. The van der Waals surface area contributed by atoms with E-state index in [1.54, 1.807) is 24.3 Å². The summed E-state index contributed by atoms with van der Waals surface area (Å²) in [5.74, 6) is 0.211. The lowest BCUT2D eigenvalue weighted by Gasteiger charge is -2.38. The average molecular weight is 496 g/mol. The smallest absolute Gasteiger partial charge is 0.471 e. The fraction of sp³-hybridized carbons (Fsp3) is 0.500. The Bertz CT molecular complexity index is 1020. The number of fused-ring (bicyclic) bond motifs is 1. The van der Waals surface area contributed by atoms with Gasteiger partial charge in [-0.2, -0.15) is 13.2 Å². The summed E-state index contributed by atoms with van der Waals surface area (Å²) >= 11 is 0. The van der Waals surface area contributed by atoms with Gasteiger partial charge in [-0.3, -0.25) is 4.79 Å². The van der Waals surface area contributed by atoms with Crippen molar-refractivity contribution >= 4 is 5.91 Å². The second kappa shape index (κ2) is 11.6. The van der Waals surface area contributed by atoms with Crippen LogP contribution in [-0.2, 0) is 17.6 Å². The molecule has 9 heteroatoms. The third kappa shape index (κ3) is 6.13. The van der Waals surface area contributed by atoms with Gasteiger partial charge < -0.3 is 23.8 Å². The van der Waals surface area contributed by atoms with Crippen molar-refractivity contribution in [3.05, 3.63) is 47.0 Å². The Kier molecular flexibility index (Phi) is 8.75. The maximum atomic E-state index is 13.5. The van der Waals surface area contributed by atoms with Crippen LogP contribution in [-0.4, -0.2) is 50.0 Å². The molecule has 1 atom stereocenters. The van der Waals surface area contributed by atoms with Crippen LogP contribution in [0.3, 0.4) is 0 Å². The Morgan fingerprint density at radius 2 is 1.40 bits per heavy atom. The molecule has 2 aromatic carbocycles. The van der Waals surface area contributed by atoms with E-state index >= 15 is 0 Å². The SMILES string of the molecule is CCOc1ccc(CC2c3cc(OCC)c(OCC)cc3CCN2C(=O)C(F)(F)F)cc1OCC. The standard InChI is InChI=1S/C26H32F3NO5/c1-5-32-21-10-9-17(14-22(21)33-6-2)13-20-19-16-24(35-8-4)23(34-7-3)15-18(19)11-12-30(20)25(31)26(27,28)29/h9-10,14-16,20H,5-8,11-13H2,1-4H3. The first-order valence-electron chi connectivity index (χ1n) is 11.9. The van der Waals surface area contributed by atoms with Crippen LogP contribution < -0.4 is 18.9 Å². The van der Waals surface area contributed by atoms with Crippen molar-refractivity contribution in [2.45, 2.75) is 52.8 Å². The van der Waals surface area contributed by atoms with Crippen LogP contribution in [0.5, 0.6) is 23.0 Å². The summed E-state index contributed by atoms with van der Waals surface area (Å²) in [6.45, 7) is 8.97. The van der Waals surface area contributed by atoms with Crippen LogP contribution in [0, 0.1) is 0 Å². The zero-order valence-electron chi connectivity index (χ0n) is 20.5. The van der Waals surface area contributed by atoms with E-state index in [9.17, 15) is 18.0 Å². The number of carbonyl (C=O) groups excluding carboxylic acids is 1. The van der Waals surface area contributed by atoms with Gasteiger partial charge in [0.2, 0.25) is 0 Å². The molecular weight excluding hydrogens is 463 g/mol. The van der Waals surface area contributed by atoms with Gasteiger partial charge in [-0.15, -0.1) is 0 Å². The third-order valence-electron chi connectivity index (χ3n) is 5.70. The normalized spacial score (nSPS) is 15.4. The highest BCUT2D eigenvalue weighted by Crippen LogP contribution is 2.42. The lowest BCUT2D eigenvalue weighted by atomic mass is 9.88. The summed E-state index contributed by atoms with van der Waals surface area (Å²) in [4.78, 5) is 13.3. The number of benzene rings is 2. The molecule has 2 aromatic rings. The number of ether oxygens (including phenoxy) is 4. The highest BCUT2D eigenvalue weighted by atomic mass is 19.4. The lowest BCUT2D eigenvalue weighted by Crippen LogP contribution is -2.47. The highest BCUT2D eigenvalue weighted by molar-refractivity contribution is 5.82. The number of nitrogens with zero attached hydrogens (tertiary/aromatic N) is 1. The van der Waals surface area contributed by atoms with Crippen LogP contribution >= 0.6 is 0 Å². The monoisotopic (exact) mass is 495 g/mol. The number of hydrogen-bond donors (Lipinski definition) is 0. The molecule has 1 heterocycles. The molecule has 0 aromatic heterocycles. The minimum absolute atomic E-state index is 0.0507. The number of rotatable bonds is 10. The molecule has 1 aliphatic rings. The number of carbonyl (C=O) groups is 1. The minimum Gasteiger partial charge on any atom is -0.490 e. The van der Waals surface area contributed by atoms with Crippen LogP contribution in [0.1, 0.15) is 50.4 Å². The van der Waals surface area contributed by atoms with E-state index in [1.807, 2.05) is 33.8 Å². The molecular formula is C26H32F3NO5. The maximum absolute atomic E-state index is 13.5. The van der Waals surface area contributed by atoms with Crippen molar-refractivity contribution in [3.8, 4) is 23.0 Å². The van der Waals surface area contributed by atoms with Gasteiger partial charge in [0.05, 0.1) is 32.5 Å². The van der Waals surface area contributed by atoms with E-state index in [4.69, 9.17) is 18.9 Å². The van der Waals surface area contributed by atoms with E-state index in [1.165, 1.54) is 0 Å². The number of hydrogen-bond acceptors (Lipinski definition) is 5. The van der Waals surface area contributed by atoms with Gasteiger partial charge in [0.15, 0.2) is 23.0 Å². The van der Waals surface area contributed by atoms with Gasteiger partial charge in [-0.25, -0.2) is 0 Å². The molecule has 1 unspecified atom stereocenters. The highest BCUT2D eigenvalue weighted by Gasteiger charge is 2.46. The van der Waals surface area contributed by atoms with E-state index in [2.05, 4.69) is 0 Å². The summed E-state index contributed by atoms with van der Waals surface area (Å²) < 4.78 is 63.3. The number of amides is 1. The zero-order chi connectivity index (χ0) is 25.6. The van der Waals surface area contributed by atoms with Gasteiger partial charge >= 0.3 is 12.1 Å². The van der Waals surface area contributed by atoms with Gasteiger partial charge in [0.1, 0.15) is 0 Å². The lowest BCUT2D eigenvalue weighted by molar-refractivity contribution is -0.188. The Morgan fingerprint density at radius 1 is 0.857 bits per heavy atom. The largest absolute Gasteiger partial charge is 0.490 e. The molecule has 0 fully saturated rings. The van der Waals surface area contributed by atoms with Gasteiger partial charge in [-0.1, -0.05) is 6.07 Å². The quantitative estimate of drug-likeness (QED) is 0.435. The molecule has 0 saturated carbocycles. The summed E-state index contributed by atoms with van der Waals surface area (Å²) in [5, 5.41) is 0. The topological polar surface area (TPSA) is 57.2 Å². The van der Waals surface area contributed by atoms with Crippen molar-refractivity contribution in [3.63, 3.8) is 0 Å². The summed E-state index contributed by atoms with van der Waals surface area (Å²) in [5.41, 5.74) is 2.18. The van der Waals surface area contributed by atoms with E-state index in [0.717, 1.165) is 16.0 Å². The van der Waals surface area contributed by atoms with Gasteiger partial charge in [0.25, 0.3) is 0 Å². The fourth-order valence-electron chi connectivity index (χ4n) is 4.32. The molecule has 1 amide bonds. The van der Waals surface area contributed by atoms with Crippen LogP contribution in [0.4, 0.5) is 13.2 Å². The molecule has 0 spiro atoms. The Balaban J connectivity index is 2.08. The van der Waals surface area contributed by atoms with Crippen molar-refractivity contribution in [1.82, 2.24) is 4.90 Å². The molecule has 35 heavy (non-hydrogen) atoms. The molecule has 3 rings (SSSR count). The first kappa shape index (κ1) is 26.5. The van der Waals surface area contributed by atoms with E-state index in [-0.39, 0.29) is 19.4 Å². The average Bonchev–Trinajstić information content (AvgIpc) is 2.81. The Morgan fingerprint density at radius 3 is 1.97 bits per heavy atom. The van der Waals surface area contributed by atoms with Crippen molar-refractivity contribution in [2.75, 3.05) is 33.0 Å². The first-order valence-corrected chi connectivity index (χ1v) is 11.9. The summed E-state index contributed by atoms with van der Waals surface area (Å²) in [6.07, 6.45) is -4.52. The molecule has 0 N–H and O–H groups in total. The van der Waals surface area contributed by atoms with Crippen molar-refractivity contribution in [1.29, 1.82) is 0 Å². The molecule has 1 aliphatic heterocycles. The second-order valence-electron chi connectivity index (χ2n) is 7.98. The summed E-state index contributed by atoms with van der Waals surface area (Å²) in [7, 11) is 0. The van der Waals surface area contributed by atoms with Crippen molar-refractivity contribution < 1.29 is 36.9 Å². The number of halogens is 3. The summed E-state index contributed by atoms with van der Waals surface area (Å²) in [6, 6.07) is 7.98.